The highest BCUT2D eigenvalue weighted by Crippen LogP contribution is 2.03. The molecule has 0 atom stereocenters. The van der Waals surface area contributed by atoms with Crippen LogP contribution in [0.1, 0.15) is 22.6 Å². The predicted octanol–water partition coefficient (Wildman–Crippen LogP) is 1.93. The van der Waals surface area contributed by atoms with Crippen LogP contribution in [0, 0.1) is 13.8 Å². The molecule has 2 rings (SSSR count). The van der Waals surface area contributed by atoms with Gasteiger partial charge >= 0.3 is 0 Å². The number of H-pyrrole nitrogens is 1. The zero-order chi connectivity index (χ0) is 13.7. The topological polar surface area (TPSA) is 57.8 Å². The van der Waals surface area contributed by atoms with Crippen LogP contribution in [0.5, 0.6) is 0 Å². The van der Waals surface area contributed by atoms with E-state index in [1.165, 1.54) is 5.56 Å². The molecule has 0 aliphatic heterocycles. The molecule has 0 saturated carbocycles. The quantitative estimate of drug-likeness (QED) is 0.860. The zero-order valence-electron chi connectivity index (χ0n) is 11.4. The minimum absolute atomic E-state index is 0.0556. The normalized spacial score (nSPS) is 10.4. The molecule has 0 spiro atoms. The predicted molar refractivity (Wildman–Crippen MR) is 74.9 cm³/mol. The molecule has 0 unspecified atom stereocenters. The Balaban J connectivity index is 1.74. The lowest BCUT2D eigenvalue weighted by molar-refractivity contribution is -0.120. The van der Waals surface area contributed by atoms with Crippen LogP contribution >= 0.6 is 0 Å². The molecule has 2 aromatic rings. The van der Waals surface area contributed by atoms with Gasteiger partial charge in [0, 0.05) is 24.9 Å². The van der Waals surface area contributed by atoms with Crippen LogP contribution in [0.4, 0.5) is 0 Å². The smallest absolute Gasteiger partial charge is 0.224 e. The number of carbonyl (C=O) groups is 1. The van der Waals surface area contributed by atoms with Gasteiger partial charge in [-0.2, -0.15) is 0 Å². The van der Waals surface area contributed by atoms with Gasteiger partial charge in [-0.25, -0.2) is 4.98 Å². The maximum absolute atomic E-state index is 11.8. The lowest BCUT2D eigenvalue weighted by Gasteiger charge is -2.04. The third-order valence-electron chi connectivity index (χ3n) is 2.96. The van der Waals surface area contributed by atoms with E-state index < -0.39 is 0 Å². The number of imidazole rings is 1. The van der Waals surface area contributed by atoms with Crippen molar-refractivity contribution in [2.75, 3.05) is 6.54 Å². The van der Waals surface area contributed by atoms with Gasteiger partial charge in [0.2, 0.25) is 5.91 Å². The summed E-state index contributed by atoms with van der Waals surface area (Å²) in [6.07, 6.45) is 3.02. The second kappa shape index (κ2) is 6.18. The molecule has 0 bridgehead atoms. The lowest BCUT2D eigenvalue weighted by Crippen LogP contribution is -2.27. The van der Waals surface area contributed by atoms with Gasteiger partial charge in [-0.05, 0) is 19.4 Å². The Bertz CT molecular complexity index is 543. The van der Waals surface area contributed by atoms with E-state index in [2.05, 4.69) is 15.3 Å². The molecule has 1 aromatic carbocycles. The van der Waals surface area contributed by atoms with Gasteiger partial charge in [0.25, 0.3) is 0 Å². The average Bonchev–Trinajstić information content (AvgIpc) is 2.78. The summed E-state index contributed by atoms with van der Waals surface area (Å²) in [7, 11) is 0. The van der Waals surface area contributed by atoms with E-state index in [1.807, 2.05) is 44.3 Å². The van der Waals surface area contributed by atoms with Gasteiger partial charge in [0.1, 0.15) is 5.82 Å². The van der Waals surface area contributed by atoms with E-state index in [9.17, 15) is 4.79 Å². The summed E-state index contributed by atoms with van der Waals surface area (Å²) in [6.45, 7) is 4.59. The van der Waals surface area contributed by atoms with E-state index in [0.29, 0.717) is 13.0 Å². The molecule has 2 N–H and O–H groups in total. The molecule has 1 amide bonds. The van der Waals surface area contributed by atoms with E-state index in [4.69, 9.17) is 0 Å². The molecule has 4 nitrogen and oxygen atoms in total. The van der Waals surface area contributed by atoms with Gasteiger partial charge < -0.3 is 10.3 Å². The van der Waals surface area contributed by atoms with Crippen molar-refractivity contribution in [1.82, 2.24) is 15.3 Å². The number of amides is 1. The number of hydrogen-bond donors (Lipinski definition) is 2. The summed E-state index contributed by atoms with van der Waals surface area (Å²) >= 11 is 0. The van der Waals surface area contributed by atoms with Gasteiger partial charge in [0.05, 0.1) is 6.42 Å². The summed E-state index contributed by atoms with van der Waals surface area (Å²) in [5.41, 5.74) is 3.30. The fourth-order valence-electron chi connectivity index (χ4n) is 1.89. The first kappa shape index (κ1) is 13.3. The second-order valence-electron chi connectivity index (χ2n) is 4.76. The summed E-state index contributed by atoms with van der Waals surface area (Å²) < 4.78 is 0. The number of benzene rings is 1. The van der Waals surface area contributed by atoms with Crippen molar-refractivity contribution in [3.63, 3.8) is 0 Å². The Morgan fingerprint density at radius 1 is 1.26 bits per heavy atom. The van der Waals surface area contributed by atoms with E-state index >= 15 is 0 Å². The fraction of sp³-hybridized carbons (Fsp3) is 0.333. The van der Waals surface area contributed by atoms with Crippen molar-refractivity contribution in [3.05, 3.63) is 53.1 Å². The van der Waals surface area contributed by atoms with E-state index in [0.717, 1.165) is 23.5 Å². The van der Waals surface area contributed by atoms with Crippen molar-refractivity contribution in [1.29, 1.82) is 0 Å². The van der Waals surface area contributed by atoms with Crippen LogP contribution < -0.4 is 5.32 Å². The Morgan fingerprint density at radius 3 is 2.63 bits per heavy atom. The minimum atomic E-state index is 0.0556. The summed E-state index contributed by atoms with van der Waals surface area (Å²) in [6, 6.07) is 8.03. The average molecular weight is 257 g/mol. The van der Waals surface area contributed by atoms with Crippen LogP contribution in [-0.4, -0.2) is 22.4 Å². The first-order valence-electron chi connectivity index (χ1n) is 6.46. The molecule has 0 radical (unpaired) electrons. The maximum Gasteiger partial charge on any atom is 0.224 e. The highest BCUT2D eigenvalue weighted by molar-refractivity contribution is 5.78. The van der Waals surface area contributed by atoms with Crippen molar-refractivity contribution in [3.8, 4) is 0 Å². The number of carbonyl (C=O) groups excluding carboxylic acids is 1. The molecular formula is C15H19N3O. The van der Waals surface area contributed by atoms with E-state index in [1.54, 1.807) is 0 Å². The molecule has 1 aromatic heterocycles. The summed E-state index contributed by atoms with van der Waals surface area (Å²) in [5, 5.41) is 2.92. The number of aromatic nitrogens is 2. The van der Waals surface area contributed by atoms with Gasteiger partial charge in [-0.15, -0.1) is 0 Å². The molecule has 0 saturated heterocycles. The Kier molecular flexibility index (Phi) is 4.34. The third kappa shape index (κ3) is 4.25. The monoisotopic (exact) mass is 257 g/mol. The number of aryl methyl sites for hydroxylation is 2. The van der Waals surface area contributed by atoms with Gasteiger partial charge in [-0.3, -0.25) is 4.79 Å². The largest absolute Gasteiger partial charge is 0.355 e. The van der Waals surface area contributed by atoms with Crippen molar-refractivity contribution >= 4 is 5.91 Å². The maximum atomic E-state index is 11.8. The minimum Gasteiger partial charge on any atom is -0.355 e. The lowest BCUT2D eigenvalue weighted by atomic mass is 10.1. The molecule has 0 fully saturated rings. The highest BCUT2D eigenvalue weighted by Gasteiger charge is 2.03. The molecule has 0 aliphatic carbocycles. The molecular weight excluding hydrogens is 238 g/mol. The fourth-order valence-corrected chi connectivity index (χ4v) is 1.89. The van der Waals surface area contributed by atoms with Crippen LogP contribution in [0.15, 0.2) is 30.5 Å². The number of nitrogens with one attached hydrogen (secondary N) is 2. The number of aromatic amines is 1. The standard InChI is InChI=1S/C15H19N3O/c1-11-3-5-13(6-4-11)9-15(19)16-8-7-14-10-17-12(2)18-14/h3-6,10H,7-9H2,1-2H3,(H,16,19)(H,17,18). The summed E-state index contributed by atoms with van der Waals surface area (Å²) in [5.74, 6) is 0.959. The van der Waals surface area contributed by atoms with Gasteiger partial charge in [0.15, 0.2) is 0 Å². The third-order valence-corrected chi connectivity index (χ3v) is 2.96. The van der Waals surface area contributed by atoms with Crippen molar-refractivity contribution in [2.24, 2.45) is 0 Å². The summed E-state index contributed by atoms with van der Waals surface area (Å²) in [4.78, 5) is 19.0. The molecule has 19 heavy (non-hydrogen) atoms. The first-order chi connectivity index (χ1) is 9.13. The van der Waals surface area contributed by atoms with Crippen LogP contribution in [0.2, 0.25) is 0 Å². The molecule has 0 aliphatic rings. The van der Waals surface area contributed by atoms with Crippen molar-refractivity contribution < 1.29 is 4.79 Å². The first-order valence-corrected chi connectivity index (χ1v) is 6.46. The number of rotatable bonds is 5. The highest BCUT2D eigenvalue weighted by atomic mass is 16.1. The van der Waals surface area contributed by atoms with Crippen molar-refractivity contribution in [2.45, 2.75) is 26.7 Å². The SMILES string of the molecule is Cc1ccc(CC(=O)NCCc2cnc(C)[nH]2)cc1. The van der Waals surface area contributed by atoms with E-state index in [-0.39, 0.29) is 5.91 Å². The Morgan fingerprint density at radius 2 is 2.00 bits per heavy atom. The Hall–Kier alpha value is -2.10. The zero-order valence-corrected chi connectivity index (χ0v) is 11.4. The Labute approximate surface area is 113 Å². The van der Waals surface area contributed by atoms with Crippen LogP contribution in [0.3, 0.4) is 0 Å². The molecule has 1 heterocycles. The molecule has 4 heteroatoms. The number of hydrogen-bond acceptors (Lipinski definition) is 2. The number of nitrogens with zero attached hydrogens (tertiary/aromatic N) is 1. The van der Waals surface area contributed by atoms with Gasteiger partial charge in [-0.1, -0.05) is 29.8 Å². The molecule has 100 valence electrons. The second-order valence-corrected chi connectivity index (χ2v) is 4.76. The van der Waals surface area contributed by atoms with Crippen LogP contribution in [-0.2, 0) is 17.6 Å². The van der Waals surface area contributed by atoms with Crippen LogP contribution in [0.25, 0.3) is 0 Å².